The quantitative estimate of drug-likeness (QED) is 0.270. The fourth-order valence-corrected chi connectivity index (χ4v) is 3.43. The molecule has 2 aromatic rings. The molecule has 2 aromatic carbocycles. The van der Waals surface area contributed by atoms with Gasteiger partial charge in [0.2, 0.25) is 11.4 Å². The molecule has 176 valence electrons. The van der Waals surface area contributed by atoms with Crippen molar-refractivity contribution >= 4 is 23.3 Å². The zero-order chi connectivity index (χ0) is 24.3. The number of hydrogen-bond acceptors (Lipinski definition) is 8. The number of esters is 2. The molecule has 0 bridgehead atoms. The van der Waals surface area contributed by atoms with Gasteiger partial charge in [0, 0.05) is 39.5 Å². The number of carbonyl (C=O) groups excluding carboxylic acids is 2. The van der Waals surface area contributed by atoms with Gasteiger partial charge in [-0.3, -0.25) is 9.59 Å². The summed E-state index contributed by atoms with van der Waals surface area (Å²) in [7, 11) is 0. The summed E-state index contributed by atoms with van der Waals surface area (Å²) in [4.78, 5) is 23.7. The number of benzene rings is 2. The van der Waals surface area contributed by atoms with Crippen LogP contribution in [0.15, 0.2) is 105 Å². The zero-order valence-corrected chi connectivity index (χ0v) is 19.3. The van der Waals surface area contributed by atoms with Crippen LogP contribution >= 0.6 is 0 Å². The SMILES string of the molecule is CC(=O)OC1(N=Nc2ccccc2)C/C=C\CC(N=Nc2ccccc2)(OC(C)=O)C/C=C\C1. The van der Waals surface area contributed by atoms with Crippen molar-refractivity contribution in [1.29, 1.82) is 0 Å². The maximum atomic E-state index is 11.9. The molecule has 0 aromatic heterocycles. The lowest BCUT2D eigenvalue weighted by Gasteiger charge is -2.29. The van der Waals surface area contributed by atoms with E-state index in [0.29, 0.717) is 37.1 Å². The minimum atomic E-state index is -1.18. The maximum Gasteiger partial charge on any atom is 0.304 e. The number of hydrogen-bond donors (Lipinski definition) is 0. The minimum Gasteiger partial charge on any atom is -0.435 e. The molecule has 0 unspecified atom stereocenters. The molecule has 0 saturated carbocycles. The second-order valence-corrected chi connectivity index (χ2v) is 7.91. The molecule has 8 nitrogen and oxygen atoms in total. The summed E-state index contributed by atoms with van der Waals surface area (Å²) >= 11 is 0. The summed E-state index contributed by atoms with van der Waals surface area (Å²) in [6, 6.07) is 18.5. The lowest BCUT2D eigenvalue weighted by Crippen LogP contribution is -2.33. The van der Waals surface area contributed by atoms with Crippen LogP contribution in [0.1, 0.15) is 39.5 Å². The number of rotatable bonds is 6. The van der Waals surface area contributed by atoms with Gasteiger partial charge in [-0.1, -0.05) is 60.7 Å². The highest BCUT2D eigenvalue weighted by Crippen LogP contribution is 2.32. The smallest absolute Gasteiger partial charge is 0.304 e. The van der Waals surface area contributed by atoms with Crippen LogP contribution in [0.2, 0.25) is 0 Å². The molecule has 8 heteroatoms. The summed E-state index contributed by atoms with van der Waals surface area (Å²) in [5, 5.41) is 17.4. The monoisotopic (exact) mass is 460 g/mol. The van der Waals surface area contributed by atoms with Crippen molar-refractivity contribution in [3.05, 3.63) is 85.0 Å². The van der Waals surface area contributed by atoms with E-state index >= 15 is 0 Å². The van der Waals surface area contributed by atoms with E-state index in [2.05, 4.69) is 20.5 Å². The van der Waals surface area contributed by atoms with Gasteiger partial charge in [0.15, 0.2) is 0 Å². The fraction of sp³-hybridized carbons (Fsp3) is 0.308. The van der Waals surface area contributed by atoms with Crippen molar-refractivity contribution in [2.75, 3.05) is 0 Å². The summed E-state index contributed by atoms with van der Waals surface area (Å²) in [5.41, 5.74) is -1.04. The molecule has 1 aliphatic carbocycles. The van der Waals surface area contributed by atoms with E-state index in [1.807, 2.05) is 85.0 Å². The highest BCUT2D eigenvalue weighted by atomic mass is 16.6. The van der Waals surface area contributed by atoms with E-state index in [9.17, 15) is 9.59 Å². The van der Waals surface area contributed by atoms with Gasteiger partial charge in [0.25, 0.3) is 0 Å². The summed E-state index contributed by atoms with van der Waals surface area (Å²) < 4.78 is 11.3. The number of azo groups is 2. The summed E-state index contributed by atoms with van der Waals surface area (Å²) in [5.74, 6) is -0.895. The van der Waals surface area contributed by atoms with Crippen molar-refractivity contribution in [1.82, 2.24) is 0 Å². The third-order valence-corrected chi connectivity index (χ3v) is 4.96. The van der Waals surface area contributed by atoms with E-state index in [-0.39, 0.29) is 0 Å². The van der Waals surface area contributed by atoms with Gasteiger partial charge in [-0.15, -0.1) is 10.2 Å². The second kappa shape index (κ2) is 11.8. The topological polar surface area (TPSA) is 102 Å². The van der Waals surface area contributed by atoms with E-state index in [4.69, 9.17) is 9.47 Å². The Morgan fingerprint density at radius 3 is 1.24 bits per heavy atom. The zero-order valence-electron chi connectivity index (χ0n) is 19.3. The first-order valence-electron chi connectivity index (χ1n) is 11.1. The number of nitrogens with zero attached hydrogens (tertiary/aromatic N) is 4. The first-order chi connectivity index (χ1) is 16.4. The van der Waals surface area contributed by atoms with Crippen LogP contribution in [0.25, 0.3) is 0 Å². The number of carbonyl (C=O) groups is 2. The first-order valence-corrected chi connectivity index (χ1v) is 11.1. The van der Waals surface area contributed by atoms with Crippen molar-refractivity contribution in [3.8, 4) is 0 Å². The van der Waals surface area contributed by atoms with Crippen LogP contribution in [-0.4, -0.2) is 23.4 Å². The maximum absolute atomic E-state index is 11.9. The summed E-state index contributed by atoms with van der Waals surface area (Å²) in [6.45, 7) is 2.70. The minimum absolute atomic E-state index is 0.291. The predicted octanol–water partition coefficient (Wildman–Crippen LogP) is 6.76. The fourth-order valence-electron chi connectivity index (χ4n) is 3.43. The Bertz CT molecular complexity index is 975. The molecule has 0 amide bonds. The van der Waals surface area contributed by atoms with Gasteiger partial charge < -0.3 is 9.47 Å². The molecular weight excluding hydrogens is 432 g/mol. The molecule has 0 heterocycles. The van der Waals surface area contributed by atoms with Gasteiger partial charge in [-0.25, -0.2) is 0 Å². The Hall–Kier alpha value is -3.94. The summed E-state index contributed by atoms with van der Waals surface area (Å²) in [6.07, 6.45) is 8.51. The average molecular weight is 461 g/mol. The van der Waals surface area contributed by atoms with Gasteiger partial charge in [0.05, 0.1) is 11.4 Å². The Kier molecular flexibility index (Phi) is 8.56. The highest BCUT2D eigenvalue weighted by molar-refractivity contribution is 5.67. The Labute approximate surface area is 199 Å². The van der Waals surface area contributed by atoms with Crippen molar-refractivity contribution in [2.45, 2.75) is 51.0 Å². The van der Waals surface area contributed by atoms with Crippen LogP contribution in [0, 0.1) is 0 Å². The predicted molar refractivity (Wildman–Crippen MR) is 128 cm³/mol. The Morgan fingerprint density at radius 1 is 0.618 bits per heavy atom. The molecule has 34 heavy (non-hydrogen) atoms. The third kappa shape index (κ3) is 7.58. The number of ether oxygens (including phenoxy) is 2. The molecule has 0 fully saturated rings. The standard InChI is InChI=1S/C26H28N4O4/c1-21(31)33-25(29-27-23-13-5-3-6-14-23)17-9-11-19-26(34-22(2)32,20-12-10-18-25)30-28-24-15-7-4-8-16-24/h3-16H,17-20H2,1-2H3/b11-9-,12-10-,29-27?,30-28?. The third-order valence-electron chi connectivity index (χ3n) is 4.96. The molecule has 1 aliphatic rings. The van der Waals surface area contributed by atoms with E-state index in [0.717, 1.165) is 0 Å². The largest absolute Gasteiger partial charge is 0.435 e. The second-order valence-electron chi connectivity index (χ2n) is 7.91. The van der Waals surface area contributed by atoms with E-state index in [1.54, 1.807) is 0 Å². The molecule has 3 rings (SSSR count). The molecule has 0 atom stereocenters. The van der Waals surface area contributed by atoms with Crippen LogP contribution in [-0.2, 0) is 19.1 Å². The van der Waals surface area contributed by atoms with E-state index < -0.39 is 23.4 Å². The lowest BCUT2D eigenvalue weighted by atomic mass is 9.99. The van der Waals surface area contributed by atoms with Crippen LogP contribution in [0.3, 0.4) is 0 Å². The van der Waals surface area contributed by atoms with Crippen LogP contribution in [0.4, 0.5) is 11.4 Å². The molecule has 0 N–H and O–H groups in total. The molecular formula is C26H28N4O4. The van der Waals surface area contributed by atoms with Crippen molar-refractivity contribution in [3.63, 3.8) is 0 Å². The van der Waals surface area contributed by atoms with Crippen molar-refractivity contribution < 1.29 is 19.1 Å². The average Bonchev–Trinajstić information content (AvgIpc) is 2.82. The highest BCUT2D eigenvalue weighted by Gasteiger charge is 2.35. The Balaban J connectivity index is 1.86. The van der Waals surface area contributed by atoms with Gasteiger partial charge in [-0.2, -0.15) is 10.2 Å². The lowest BCUT2D eigenvalue weighted by molar-refractivity contribution is -0.158. The van der Waals surface area contributed by atoms with Crippen LogP contribution in [0.5, 0.6) is 0 Å². The van der Waals surface area contributed by atoms with Crippen molar-refractivity contribution in [2.24, 2.45) is 20.5 Å². The van der Waals surface area contributed by atoms with Crippen LogP contribution < -0.4 is 0 Å². The van der Waals surface area contributed by atoms with Gasteiger partial charge >= 0.3 is 11.9 Å². The molecule has 0 spiro atoms. The van der Waals surface area contributed by atoms with Gasteiger partial charge in [-0.05, 0) is 24.3 Å². The molecule has 0 radical (unpaired) electrons. The van der Waals surface area contributed by atoms with Gasteiger partial charge in [0.1, 0.15) is 0 Å². The first kappa shape index (κ1) is 24.7. The Morgan fingerprint density at radius 2 is 0.941 bits per heavy atom. The molecule has 0 aliphatic heterocycles. The normalized spacial score (nSPS) is 25.0. The van der Waals surface area contributed by atoms with E-state index in [1.165, 1.54) is 13.8 Å². The molecule has 0 saturated heterocycles.